The lowest BCUT2D eigenvalue weighted by atomic mass is 10.3. The van der Waals surface area contributed by atoms with Crippen LogP contribution in [-0.4, -0.2) is 38.1 Å². The van der Waals surface area contributed by atoms with Crippen LogP contribution < -0.4 is 4.90 Å². The molecule has 1 heterocycles. The Kier molecular flexibility index (Phi) is 5.39. The van der Waals surface area contributed by atoms with Gasteiger partial charge in [-0.3, -0.25) is 0 Å². The second-order valence-electron chi connectivity index (χ2n) is 3.77. The first-order valence-corrected chi connectivity index (χ1v) is 8.48. The fourth-order valence-electron chi connectivity index (χ4n) is 1.60. The third kappa shape index (κ3) is 3.96. The SMILES string of the molecule is CCCN(CCBr)c1ncccc1S(C)(=O)=O. The van der Waals surface area contributed by atoms with Crippen molar-refractivity contribution in [2.75, 3.05) is 29.6 Å². The molecular formula is C11H17BrN2O2S. The van der Waals surface area contributed by atoms with Crippen LogP contribution in [0.15, 0.2) is 23.2 Å². The van der Waals surface area contributed by atoms with Gasteiger partial charge in [0.15, 0.2) is 9.84 Å². The van der Waals surface area contributed by atoms with Gasteiger partial charge in [-0.1, -0.05) is 22.9 Å². The lowest BCUT2D eigenvalue weighted by Crippen LogP contribution is -2.28. The molecule has 0 spiro atoms. The summed E-state index contributed by atoms with van der Waals surface area (Å²) in [6, 6.07) is 3.26. The molecule has 1 aromatic rings. The predicted octanol–water partition coefficient (Wildman–Crippen LogP) is 2.10. The van der Waals surface area contributed by atoms with Gasteiger partial charge in [0.2, 0.25) is 0 Å². The van der Waals surface area contributed by atoms with Gasteiger partial charge >= 0.3 is 0 Å². The third-order valence-electron chi connectivity index (χ3n) is 2.30. The molecular weight excluding hydrogens is 304 g/mol. The average molecular weight is 321 g/mol. The molecule has 6 heteroatoms. The molecule has 0 saturated carbocycles. The summed E-state index contributed by atoms with van der Waals surface area (Å²) < 4.78 is 23.4. The van der Waals surface area contributed by atoms with Crippen LogP contribution in [0.25, 0.3) is 0 Å². The Bertz CT molecular complexity index is 456. The van der Waals surface area contributed by atoms with Crippen molar-refractivity contribution in [1.82, 2.24) is 4.98 Å². The Morgan fingerprint density at radius 3 is 2.65 bits per heavy atom. The first-order chi connectivity index (χ1) is 8.00. The maximum absolute atomic E-state index is 11.7. The van der Waals surface area contributed by atoms with Crippen LogP contribution in [0.4, 0.5) is 5.82 Å². The summed E-state index contributed by atoms with van der Waals surface area (Å²) in [5.74, 6) is 0.552. The molecule has 0 aliphatic heterocycles. The molecule has 4 nitrogen and oxygen atoms in total. The van der Waals surface area contributed by atoms with Crippen LogP contribution in [0.5, 0.6) is 0 Å². The van der Waals surface area contributed by atoms with Gasteiger partial charge in [-0.2, -0.15) is 0 Å². The van der Waals surface area contributed by atoms with E-state index >= 15 is 0 Å². The number of hydrogen-bond donors (Lipinski definition) is 0. The molecule has 96 valence electrons. The molecule has 0 saturated heterocycles. The van der Waals surface area contributed by atoms with E-state index in [0.29, 0.717) is 10.7 Å². The number of alkyl halides is 1. The molecule has 0 fully saturated rings. The number of aromatic nitrogens is 1. The van der Waals surface area contributed by atoms with Crippen LogP contribution in [0.2, 0.25) is 0 Å². The van der Waals surface area contributed by atoms with Gasteiger partial charge in [0.25, 0.3) is 0 Å². The Labute approximate surface area is 111 Å². The Hall–Kier alpha value is -0.620. The summed E-state index contributed by atoms with van der Waals surface area (Å²) in [6.07, 6.45) is 3.79. The molecule has 0 bridgehead atoms. The zero-order valence-electron chi connectivity index (χ0n) is 10.1. The number of sulfone groups is 1. The van der Waals surface area contributed by atoms with Gasteiger partial charge in [0.05, 0.1) is 0 Å². The topological polar surface area (TPSA) is 50.3 Å². The second kappa shape index (κ2) is 6.35. The van der Waals surface area contributed by atoms with E-state index < -0.39 is 9.84 Å². The van der Waals surface area contributed by atoms with E-state index in [-0.39, 0.29) is 0 Å². The highest BCUT2D eigenvalue weighted by Crippen LogP contribution is 2.22. The zero-order chi connectivity index (χ0) is 12.9. The average Bonchev–Trinajstić information content (AvgIpc) is 2.28. The first kappa shape index (κ1) is 14.4. The van der Waals surface area contributed by atoms with E-state index in [1.54, 1.807) is 18.3 Å². The largest absolute Gasteiger partial charge is 0.355 e. The van der Waals surface area contributed by atoms with Crippen LogP contribution >= 0.6 is 15.9 Å². The van der Waals surface area contributed by atoms with E-state index in [2.05, 4.69) is 27.8 Å². The minimum absolute atomic E-state index is 0.300. The van der Waals surface area contributed by atoms with Crippen molar-refractivity contribution in [1.29, 1.82) is 0 Å². The van der Waals surface area contributed by atoms with Crippen molar-refractivity contribution in [3.05, 3.63) is 18.3 Å². The van der Waals surface area contributed by atoms with Crippen molar-refractivity contribution >= 4 is 31.6 Å². The molecule has 1 rings (SSSR count). The zero-order valence-corrected chi connectivity index (χ0v) is 12.5. The summed E-state index contributed by atoms with van der Waals surface area (Å²) >= 11 is 3.37. The third-order valence-corrected chi connectivity index (χ3v) is 3.77. The highest BCUT2D eigenvalue weighted by atomic mass is 79.9. The molecule has 0 aromatic carbocycles. The predicted molar refractivity (Wildman–Crippen MR) is 73.6 cm³/mol. The molecule has 1 aromatic heterocycles. The fraction of sp³-hybridized carbons (Fsp3) is 0.545. The summed E-state index contributed by atoms with van der Waals surface area (Å²) in [4.78, 5) is 6.50. The van der Waals surface area contributed by atoms with Gasteiger partial charge in [-0.05, 0) is 18.6 Å². The first-order valence-electron chi connectivity index (χ1n) is 5.46. The van der Waals surface area contributed by atoms with Crippen molar-refractivity contribution in [3.63, 3.8) is 0 Å². The Balaban J connectivity index is 3.18. The molecule has 0 radical (unpaired) electrons. The summed E-state index contributed by atoms with van der Waals surface area (Å²) in [5, 5.41) is 0.785. The van der Waals surface area contributed by atoms with Crippen molar-refractivity contribution in [2.24, 2.45) is 0 Å². The van der Waals surface area contributed by atoms with Crippen LogP contribution in [0.3, 0.4) is 0 Å². The summed E-state index contributed by atoms with van der Waals surface area (Å²) in [5.41, 5.74) is 0. The number of pyridine rings is 1. The fourth-order valence-corrected chi connectivity index (χ4v) is 2.87. The smallest absolute Gasteiger partial charge is 0.179 e. The maximum Gasteiger partial charge on any atom is 0.179 e. The number of hydrogen-bond acceptors (Lipinski definition) is 4. The standard InChI is InChI=1S/C11H17BrN2O2S/c1-3-8-14(9-6-12)11-10(17(2,15)16)5-4-7-13-11/h4-5,7H,3,6,8-9H2,1-2H3. The Morgan fingerprint density at radius 1 is 1.41 bits per heavy atom. The van der Waals surface area contributed by atoms with Crippen LogP contribution in [-0.2, 0) is 9.84 Å². The van der Waals surface area contributed by atoms with Crippen LogP contribution in [0.1, 0.15) is 13.3 Å². The van der Waals surface area contributed by atoms with Gasteiger partial charge in [0.1, 0.15) is 10.7 Å². The van der Waals surface area contributed by atoms with Gasteiger partial charge in [-0.15, -0.1) is 0 Å². The Morgan fingerprint density at radius 2 is 2.12 bits per heavy atom. The van der Waals surface area contributed by atoms with Crippen LogP contribution in [0, 0.1) is 0 Å². The summed E-state index contributed by atoms with van der Waals surface area (Å²) in [7, 11) is -3.23. The molecule has 0 aliphatic rings. The highest BCUT2D eigenvalue weighted by molar-refractivity contribution is 9.09. The van der Waals surface area contributed by atoms with E-state index in [9.17, 15) is 8.42 Å². The second-order valence-corrected chi connectivity index (χ2v) is 6.55. The van der Waals surface area contributed by atoms with Crippen molar-refractivity contribution < 1.29 is 8.42 Å². The summed E-state index contributed by atoms with van der Waals surface area (Å²) in [6.45, 7) is 3.60. The normalized spacial score (nSPS) is 11.5. The van der Waals surface area contributed by atoms with E-state index in [1.807, 2.05) is 4.90 Å². The van der Waals surface area contributed by atoms with Crippen molar-refractivity contribution in [2.45, 2.75) is 18.2 Å². The molecule has 0 N–H and O–H groups in total. The number of nitrogens with zero attached hydrogens (tertiary/aromatic N) is 2. The van der Waals surface area contributed by atoms with E-state index in [4.69, 9.17) is 0 Å². The van der Waals surface area contributed by atoms with Crippen molar-refractivity contribution in [3.8, 4) is 0 Å². The molecule has 17 heavy (non-hydrogen) atoms. The minimum Gasteiger partial charge on any atom is -0.355 e. The monoisotopic (exact) mass is 320 g/mol. The number of halogens is 1. The molecule has 0 amide bonds. The van der Waals surface area contributed by atoms with E-state index in [1.165, 1.54) is 6.26 Å². The minimum atomic E-state index is -3.23. The number of rotatable bonds is 6. The lowest BCUT2D eigenvalue weighted by Gasteiger charge is -2.23. The van der Waals surface area contributed by atoms with Gasteiger partial charge in [0, 0.05) is 30.9 Å². The highest BCUT2D eigenvalue weighted by Gasteiger charge is 2.18. The molecule has 0 atom stereocenters. The lowest BCUT2D eigenvalue weighted by molar-refractivity contribution is 0.600. The number of anilines is 1. The van der Waals surface area contributed by atoms with Gasteiger partial charge in [-0.25, -0.2) is 13.4 Å². The molecule has 0 unspecified atom stereocenters. The van der Waals surface area contributed by atoms with E-state index in [0.717, 1.165) is 24.8 Å². The molecule has 0 aliphatic carbocycles. The van der Waals surface area contributed by atoms with Gasteiger partial charge < -0.3 is 4.90 Å². The maximum atomic E-state index is 11.7. The quantitative estimate of drug-likeness (QED) is 0.753.